The molecule has 0 amide bonds. The normalized spacial score (nSPS) is 26.2. The first kappa shape index (κ1) is 16.0. The molecule has 1 aromatic carbocycles. The van der Waals surface area contributed by atoms with Gasteiger partial charge in [0.15, 0.2) is 0 Å². The molecule has 2 heterocycles. The number of allylic oxidation sites excluding steroid dienone is 2. The number of benzene rings is 1. The SMILES string of the molecule is Nc1ncc(-c2c(-c3ccccc3)ncn2C[C@@H]2C[C@@H]3C=C[C@@H]2C32CC2)cn1. The van der Waals surface area contributed by atoms with E-state index in [1.807, 2.05) is 24.8 Å². The summed E-state index contributed by atoms with van der Waals surface area (Å²) in [4.78, 5) is 13.3. The highest BCUT2D eigenvalue weighted by atomic mass is 15.1. The molecule has 5 heteroatoms. The highest BCUT2D eigenvalue weighted by Gasteiger charge is 2.62. The monoisotopic (exact) mass is 369 g/mol. The molecule has 3 aromatic rings. The second-order valence-electron chi connectivity index (χ2n) is 8.54. The van der Waals surface area contributed by atoms with Crippen LogP contribution in [0, 0.1) is 23.2 Å². The first-order chi connectivity index (χ1) is 13.7. The molecule has 0 radical (unpaired) electrons. The summed E-state index contributed by atoms with van der Waals surface area (Å²) in [6.07, 6.45) is 14.7. The molecule has 3 aliphatic rings. The Morgan fingerprint density at radius 1 is 1.00 bits per heavy atom. The largest absolute Gasteiger partial charge is 0.368 e. The van der Waals surface area contributed by atoms with E-state index in [9.17, 15) is 0 Å². The zero-order valence-corrected chi connectivity index (χ0v) is 15.7. The highest BCUT2D eigenvalue weighted by Crippen LogP contribution is 2.70. The van der Waals surface area contributed by atoms with Gasteiger partial charge in [-0.25, -0.2) is 15.0 Å². The summed E-state index contributed by atoms with van der Waals surface area (Å²) in [5.41, 5.74) is 10.5. The van der Waals surface area contributed by atoms with Gasteiger partial charge in [0.2, 0.25) is 5.95 Å². The lowest BCUT2D eigenvalue weighted by Gasteiger charge is -2.21. The van der Waals surface area contributed by atoms with Crippen LogP contribution in [-0.2, 0) is 6.54 Å². The Morgan fingerprint density at radius 2 is 1.79 bits per heavy atom. The Balaban J connectivity index is 1.41. The summed E-state index contributed by atoms with van der Waals surface area (Å²) in [5, 5.41) is 0. The average molecular weight is 369 g/mol. The van der Waals surface area contributed by atoms with Crippen molar-refractivity contribution in [1.82, 2.24) is 19.5 Å². The van der Waals surface area contributed by atoms with Crippen molar-refractivity contribution in [3.05, 3.63) is 61.2 Å². The van der Waals surface area contributed by atoms with Gasteiger partial charge < -0.3 is 10.3 Å². The van der Waals surface area contributed by atoms with Crippen LogP contribution in [0.5, 0.6) is 0 Å². The fraction of sp³-hybridized carbons (Fsp3) is 0.348. The van der Waals surface area contributed by atoms with E-state index in [-0.39, 0.29) is 0 Å². The van der Waals surface area contributed by atoms with Crippen LogP contribution in [0.4, 0.5) is 5.95 Å². The van der Waals surface area contributed by atoms with Gasteiger partial charge in [0.25, 0.3) is 0 Å². The molecule has 2 saturated carbocycles. The van der Waals surface area contributed by atoms with E-state index in [1.165, 1.54) is 19.3 Å². The molecule has 140 valence electrons. The molecule has 6 rings (SSSR count). The predicted molar refractivity (Wildman–Crippen MR) is 109 cm³/mol. The molecular weight excluding hydrogens is 346 g/mol. The number of imidazole rings is 1. The fourth-order valence-corrected chi connectivity index (χ4v) is 5.68. The van der Waals surface area contributed by atoms with Gasteiger partial charge >= 0.3 is 0 Å². The van der Waals surface area contributed by atoms with Crippen LogP contribution in [-0.4, -0.2) is 19.5 Å². The lowest BCUT2D eigenvalue weighted by atomic mass is 9.89. The first-order valence-corrected chi connectivity index (χ1v) is 10.1. The van der Waals surface area contributed by atoms with E-state index < -0.39 is 0 Å². The Bertz CT molecular complexity index is 1050. The maximum absolute atomic E-state index is 5.72. The molecule has 2 aromatic heterocycles. The molecule has 3 atom stereocenters. The quantitative estimate of drug-likeness (QED) is 0.700. The third kappa shape index (κ3) is 2.28. The molecular formula is C23H23N5. The van der Waals surface area contributed by atoms with E-state index in [0.29, 0.717) is 17.3 Å². The number of aromatic nitrogens is 4. The van der Waals surface area contributed by atoms with Gasteiger partial charge in [-0.2, -0.15) is 0 Å². The Hall–Kier alpha value is -2.95. The maximum Gasteiger partial charge on any atom is 0.219 e. The topological polar surface area (TPSA) is 69.6 Å². The Morgan fingerprint density at radius 3 is 2.50 bits per heavy atom. The molecule has 2 fully saturated rings. The summed E-state index contributed by atoms with van der Waals surface area (Å²) in [6, 6.07) is 10.3. The minimum absolute atomic E-state index is 0.296. The molecule has 3 aliphatic carbocycles. The van der Waals surface area contributed by atoms with Gasteiger partial charge in [-0.15, -0.1) is 0 Å². The van der Waals surface area contributed by atoms with Gasteiger partial charge in [0.1, 0.15) is 0 Å². The maximum atomic E-state index is 5.72. The number of hydrogen-bond donors (Lipinski definition) is 1. The van der Waals surface area contributed by atoms with Crippen LogP contribution in [0.1, 0.15) is 19.3 Å². The molecule has 5 nitrogen and oxygen atoms in total. The number of nitrogen functional groups attached to an aromatic ring is 1. The smallest absolute Gasteiger partial charge is 0.219 e. The lowest BCUT2D eigenvalue weighted by molar-refractivity contribution is 0.333. The average Bonchev–Trinajstić information content (AvgIpc) is 3.22. The van der Waals surface area contributed by atoms with Crippen molar-refractivity contribution in [2.24, 2.45) is 23.2 Å². The van der Waals surface area contributed by atoms with Crippen molar-refractivity contribution in [1.29, 1.82) is 0 Å². The van der Waals surface area contributed by atoms with E-state index in [1.54, 1.807) is 0 Å². The third-order valence-electron chi connectivity index (χ3n) is 7.11. The molecule has 2 bridgehead atoms. The van der Waals surface area contributed by atoms with E-state index in [0.717, 1.165) is 40.9 Å². The minimum atomic E-state index is 0.296. The van der Waals surface area contributed by atoms with Gasteiger partial charge in [-0.1, -0.05) is 42.5 Å². The van der Waals surface area contributed by atoms with Crippen molar-refractivity contribution in [2.45, 2.75) is 25.8 Å². The number of hydrogen-bond acceptors (Lipinski definition) is 4. The van der Waals surface area contributed by atoms with Crippen molar-refractivity contribution in [3.8, 4) is 22.5 Å². The van der Waals surface area contributed by atoms with E-state index >= 15 is 0 Å². The van der Waals surface area contributed by atoms with Gasteiger partial charge in [-0.3, -0.25) is 0 Å². The Labute approximate surface area is 164 Å². The highest BCUT2D eigenvalue weighted by molar-refractivity contribution is 5.78. The lowest BCUT2D eigenvalue weighted by Crippen LogP contribution is -2.18. The predicted octanol–water partition coefficient (Wildman–Crippen LogP) is 4.19. The molecule has 0 aliphatic heterocycles. The van der Waals surface area contributed by atoms with Crippen LogP contribution >= 0.6 is 0 Å². The summed E-state index contributed by atoms with van der Waals surface area (Å²) in [5.74, 6) is 2.51. The van der Waals surface area contributed by atoms with Gasteiger partial charge in [-0.05, 0) is 42.4 Å². The van der Waals surface area contributed by atoms with Crippen LogP contribution < -0.4 is 5.73 Å². The molecule has 1 spiro atoms. The van der Waals surface area contributed by atoms with Crippen LogP contribution in [0.15, 0.2) is 61.2 Å². The summed E-state index contributed by atoms with van der Waals surface area (Å²) in [6.45, 7) is 0.993. The van der Waals surface area contributed by atoms with Crippen molar-refractivity contribution >= 4 is 5.95 Å². The number of anilines is 1. The van der Waals surface area contributed by atoms with Crippen LogP contribution in [0.25, 0.3) is 22.5 Å². The minimum Gasteiger partial charge on any atom is -0.368 e. The number of nitrogens with two attached hydrogens (primary N) is 1. The Kier molecular flexibility index (Phi) is 3.31. The number of rotatable bonds is 4. The molecule has 0 unspecified atom stereocenters. The molecule has 2 N–H and O–H groups in total. The first-order valence-electron chi connectivity index (χ1n) is 10.1. The third-order valence-corrected chi connectivity index (χ3v) is 7.11. The summed E-state index contributed by atoms with van der Waals surface area (Å²) >= 11 is 0. The summed E-state index contributed by atoms with van der Waals surface area (Å²) < 4.78 is 2.31. The van der Waals surface area contributed by atoms with Crippen molar-refractivity contribution < 1.29 is 0 Å². The van der Waals surface area contributed by atoms with E-state index in [4.69, 9.17) is 10.7 Å². The fourth-order valence-electron chi connectivity index (χ4n) is 5.68. The van der Waals surface area contributed by atoms with Crippen molar-refractivity contribution in [2.75, 3.05) is 5.73 Å². The number of nitrogens with zero attached hydrogens (tertiary/aromatic N) is 4. The zero-order valence-electron chi connectivity index (χ0n) is 15.7. The van der Waals surface area contributed by atoms with Gasteiger partial charge in [0, 0.05) is 30.1 Å². The molecule has 0 saturated heterocycles. The second-order valence-corrected chi connectivity index (χ2v) is 8.54. The zero-order chi connectivity index (χ0) is 18.7. The van der Waals surface area contributed by atoms with E-state index in [2.05, 4.69) is 51.0 Å². The van der Waals surface area contributed by atoms with Crippen LogP contribution in [0.3, 0.4) is 0 Å². The summed E-state index contributed by atoms with van der Waals surface area (Å²) in [7, 11) is 0. The second kappa shape index (κ2) is 5.77. The van der Waals surface area contributed by atoms with Crippen LogP contribution in [0.2, 0.25) is 0 Å². The van der Waals surface area contributed by atoms with Gasteiger partial charge in [0.05, 0.1) is 17.7 Å². The van der Waals surface area contributed by atoms with Crippen molar-refractivity contribution in [3.63, 3.8) is 0 Å². The standard InChI is InChI=1S/C23H23N5/c24-22-25-11-17(12-26-22)21-20(15-4-2-1-3-5-15)27-14-28(21)13-16-10-18-6-7-19(16)23(18)8-9-23/h1-7,11-12,14,16,18-19H,8-10,13H2,(H2,24,25,26)/t16-,18-,19-/m0/s1. The molecule has 28 heavy (non-hydrogen) atoms.